The zero-order valence-corrected chi connectivity index (χ0v) is 9.88. The van der Waals surface area contributed by atoms with Gasteiger partial charge in [0.05, 0.1) is 0 Å². The molecule has 5 nitrogen and oxygen atoms in total. The van der Waals surface area contributed by atoms with Crippen molar-refractivity contribution in [3.63, 3.8) is 0 Å². The van der Waals surface area contributed by atoms with Crippen molar-refractivity contribution in [2.75, 3.05) is 7.11 Å². The van der Waals surface area contributed by atoms with Crippen molar-refractivity contribution in [1.29, 1.82) is 0 Å². The largest absolute Gasteiger partial charge is 0.374 e. The smallest absolute Gasteiger partial charge is 0.258 e. The molecule has 0 aliphatic heterocycles. The van der Waals surface area contributed by atoms with Gasteiger partial charge >= 0.3 is 0 Å². The summed E-state index contributed by atoms with van der Waals surface area (Å²) in [6.07, 6.45) is -0.171. The van der Waals surface area contributed by atoms with E-state index in [1.54, 1.807) is 7.11 Å². The summed E-state index contributed by atoms with van der Waals surface area (Å²) in [7, 11) is 1.61. The van der Waals surface area contributed by atoms with Crippen molar-refractivity contribution in [3.05, 3.63) is 35.7 Å². The van der Waals surface area contributed by atoms with Crippen LogP contribution >= 0.6 is 0 Å². The minimum atomic E-state index is -0.171. The van der Waals surface area contributed by atoms with Crippen LogP contribution in [0.2, 0.25) is 0 Å². The molecule has 1 atom stereocenters. The molecule has 1 heterocycles. The van der Waals surface area contributed by atoms with Crippen LogP contribution in [0.5, 0.6) is 0 Å². The van der Waals surface area contributed by atoms with E-state index in [2.05, 4.69) is 10.1 Å². The third-order valence-electron chi connectivity index (χ3n) is 2.60. The maximum atomic E-state index is 5.53. The van der Waals surface area contributed by atoms with E-state index in [1.807, 2.05) is 31.2 Å². The molecule has 1 unspecified atom stereocenters. The van der Waals surface area contributed by atoms with Gasteiger partial charge in [-0.15, -0.1) is 0 Å². The highest BCUT2D eigenvalue weighted by Crippen LogP contribution is 2.20. The van der Waals surface area contributed by atoms with Gasteiger partial charge < -0.3 is 15.0 Å². The van der Waals surface area contributed by atoms with Crippen molar-refractivity contribution in [2.24, 2.45) is 5.73 Å². The van der Waals surface area contributed by atoms with Gasteiger partial charge in [-0.1, -0.05) is 17.3 Å². The summed E-state index contributed by atoms with van der Waals surface area (Å²) in [5, 5.41) is 3.87. The molecule has 2 aromatic rings. The average Bonchev–Trinajstić information content (AvgIpc) is 2.87. The number of methoxy groups -OCH3 is 1. The Hall–Kier alpha value is -1.72. The van der Waals surface area contributed by atoms with E-state index >= 15 is 0 Å². The molecule has 0 aliphatic carbocycles. The third-order valence-corrected chi connectivity index (χ3v) is 2.60. The Kier molecular flexibility index (Phi) is 3.51. The summed E-state index contributed by atoms with van der Waals surface area (Å²) in [5.74, 6) is 1.04. The fourth-order valence-electron chi connectivity index (χ4n) is 1.41. The molecule has 2 rings (SSSR count). The minimum Gasteiger partial charge on any atom is -0.374 e. The van der Waals surface area contributed by atoms with Crippen LogP contribution in [0.4, 0.5) is 0 Å². The zero-order chi connectivity index (χ0) is 12.3. The molecule has 0 aliphatic rings. The van der Waals surface area contributed by atoms with Gasteiger partial charge in [-0.3, -0.25) is 0 Å². The highest BCUT2D eigenvalue weighted by Gasteiger charge is 2.13. The summed E-state index contributed by atoms with van der Waals surface area (Å²) < 4.78 is 10.3. The van der Waals surface area contributed by atoms with Crippen LogP contribution in [-0.2, 0) is 11.3 Å². The Balaban J connectivity index is 2.24. The van der Waals surface area contributed by atoms with Gasteiger partial charge in [0.25, 0.3) is 5.89 Å². The lowest BCUT2D eigenvalue weighted by atomic mass is 10.1. The van der Waals surface area contributed by atoms with E-state index in [0.29, 0.717) is 18.3 Å². The lowest BCUT2D eigenvalue weighted by molar-refractivity contribution is 0.109. The first-order chi connectivity index (χ1) is 8.24. The summed E-state index contributed by atoms with van der Waals surface area (Å²) in [4.78, 5) is 4.27. The number of ether oxygens (including phenoxy) is 1. The van der Waals surface area contributed by atoms with Gasteiger partial charge in [-0.05, 0) is 24.6 Å². The quantitative estimate of drug-likeness (QED) is 0.873. The van der Waals surface area contributed by atoms with E-state index in [-0.39, 0.29) is 6.10 Å². The van der Waals surface area contributed by atoms with Crippen LogP contribution in [0.25, 0.3) is 11.5 Å². The van der Waals surface area contributed by atoms with Crippen molar-refractivity contribution in [2.45, 2.75) is 19.6 Å². The maximum Gasteiger partial charge on any atom is 0.258 e. The van der Waals surface area contributed by atoms with E-state index < -0.39 is 0 Å². The Labute approximate surface area is 99.6 Å². The molecule has 0 fully saturated rings. The van der Waals surface area contributed by atoms with E-state index in [4.69, 9.17) is 15.0 Å². The summed E-state index contributed by atoms with van der Waals surface area (Å²) >= 11 is 0. The minimum absolute atomic E-state index is 0.171. The lowest BCUT2D eigenvalue weighted by Crippen LogP contribution is -1.97. The number of rotatable bonds is 4. The fraction of sp³-hybridized carbons (Fsp3) is 0.333. The molecular weight excluding hydrogens is 218 g/mol. The topological polar surface area (TPSA) is 74.2 Å². The number of hydrogen-bond acceptors (Lipinski definition) is 5. The molecule has 5 heteroatoms. The molecule has 2 N–H and O–H groups in total. The number of nitrogens with zero attached hydrogens (tertiary/aromatic N) is 2. The Morgan fingerprint density at radius 2 is 2.06 bits per heavy atom. The second kappa shape index (κ2) is 5.07. The SMILES string of the molecule is COC(C)c1noc(-c2ccc(CN)cc2)n1. The molecule has 0 saturated carbocycles. The van der Waals surface area contributed by atoms with E-state index in [0.717, 1.165) is 11.1 Å². The number of aromatic nitrogens is 2. The molecule has 0 radical (unpaired) electrons. The first kappa shape index (κ1) is 11.8. The molecular formula is C12H15N3O2. The predicted molar refractivity (Wildman–Crippen MR) is 63.0 cm³/mol. The molecule has 0 bridgehead atoms. The Bertz CT molecular complexity index is 479. The average molecular weight is 233 g/mol. The van der Waals surface area contributed by atoms with Gasteiger partial charge in [0.15, 0.2) is 0 Å². The van der Waals surface area contributed by atoms with Gasteiger partial charge in [0.2, 0.25) is 5.82 Å². The Morgan fingerprint density at radius 3 is 2.65 bits per heavy atom. The molecule has 0 saturated heterocycles. The highest BCUT2D eigenvalue weighted by atomic mass is 16.5. The van der Waals surface area contributed by atoms with Crippen LogP contribution in [0.15, 0.2) is 28.8 Å². The van der Waals surface area contributed by atoms with Crippen LogP contribution < -0.4 is 5.73 Å². The first-order valence-corrected chi connectivity index (χ1v) is 5.40. The summed E-state index contributed by atoms with van der Waals surface area (Å²) in [6.45, 7) is 2.39. The Morgan fingerprint density at radius 1 is 1.35 bits per heavy atom. The molecule has 0 amide bonds. The van der Waals surface area contributed by atoms with Crippen LogP contribution in [0.1, 0.15) is 24.4 Å². The second-order valence-corrected chi connectivity index (χ2v) is 3.74. The third kappa shape index (κ3) is 2.51. The predicted octanol–water partition coefficient (Wildman–Crippen LogP) is 1.90. The monoisotopic (exact) mass is 233 g/mol. The van der Waals surface area contributed by atoms with Gasteiger partial charge in [0.1, 0.15) is 6.10 Å². The number of hydrogen-bond donors (Lipinski definition) is 1. The normalized spacial score (nSPS) is 12.6. The van der Waals surface area contributed by atoms with Gasteiger partial charge in [0, 0.05) is 19.2 Å². The zero-order valence-electron chi connectivity index (χ0n) is 9.88. The van der Waals surface area contributed by atoms with Crippen molar-refractivity contribution in [1.82, 2.24) is 10.1 Å². The van der Waals surface area contributed by atoms with Crippen LogP contribution in [0.3, 0.4) is 0 Å². The van der Waals surface area contributed by atoms with Crippen LogP contribution in [-0.4, -0.2) is 17.3 Å². The first-order valence-electron chi connectivity index (χ1n) is 5.40. The van der Waals surface area contributed by atoms with Crippen molar-refractivity contribution in [3.8, 4) is 11.5 Å². The van der Waals surface area contributed by atoms with Crippen LogP contribution in [0, 0.1) is 0 Å². The number of nitrogens with two attached hydrogens (primary N) is 1. The summed E-state index contributed by atoms with van der Waals surface area (Å²) in [6, 6.07) is 7.71. The van der Waals surface area contributed by atoms with Gasteiger partial charge in [-0.2, -0.15) is 4.98 Å². The highest BCUT2D eigenvalue weighted by molar-refractivity contribution is 5.53. The van der Waals surface area contributed by atoms with E-state index in [1.165, 1.54) is 0 Å². The molecule has 90 valence electrons. The van der Waals surface area contributed by atoms with E-state index in [9.17, 15) is 0 Å². The fourth-order valence-corrected chi connectivity index (χ4v) is 1.41. The molecule has 1 aromatic carbocycles. The molecule has 17 heavy (non-hydrogen) atoms. The van der Waals surface area contributed by atoms with Gasteiger partial charge in [-0.25, -0.2) is 0 Å². The summed E-state index contributed by atoms with van der Waals surface area (Å²) in [5.41, 5.74) is 7.48. The number of benzene rings is 1. The maximum absolute atomic E-state index is 5.53. The van der Waals surface area contributed by atoms with Crippen molar-refractivity contribution < 1.29 is 9.26 Å². The molecule has 0 spiro atoms. The lowest BCUT2D eigenvalue weighted by Gasteiger charge is -2.01. The van der Waals surface area contributed by atoms with Crippen molar-refractivity contribution >= 4 is 0 Å². The standard InChI is InChI=1S/C12H15N3O2/c1-8(16-2)11-14-12(17-15-11)10-5-3-9(7-13)4-6-10/h3-6,8H,7,13H2,1-2H3. The molecule has 1 aromatic heterocycles. The second-order valence-electron chi connectivity index (χ2n) is 3.74.